The van der Waals surface area contributed by atoms with E-state index in [0.717, 1.165) is 4.90 Å². The van der Waals surface area contributed by atoms with E-state index in [-0.39, 0.29) is 10.5 Å². The molecule has 0 atom stereocenters. The van der Waals surface area contributed by atoms with Crippen LogP contribution in [0.5, 0.6) is 5.75 Å². The van der Waals surface area contributed by atoms with Crippen LogP contribution in [-0.2, 0) is 15.1 Å². The van der Waals surface area contributed by atoms with E-state index in [4.69, 9.17) is 9.47 Å². The first-order valence-electron chi connectivity index (χ1n) is 11.4. The highest BCUT2D eigenvalue weighted by Crippen LogP contribution is 2.48. The topological polar surface area (TPSA) is 52.6 Å². The number of para-hydroxylation sites is 1. The number of carbonyl (C=O) groups excluding carboxylic acids is 2. The molecule has 174 valence electrons. The van der Waals surface area contributed by atoms with Crippen LogP contribution >= 0.6 is 10.5 Å². The summed E-state index contributed by atoms with van der Waals surface area (Å²) in [5.41, 5.74) is 0.101. The lowest BCUT2D eigenvalue weighted by atomic mass is 9.96. The quantitative estimate of drug-likeness (QED) is 0.146. The Morgan fingerprint density at radius 1 is 0.714 bits per heavy atom. The number of ether oxygens (including phenoxy) is 2. The number of hydrogen-bond acceptors (Lipinski definition) is 4. The summed E-state index contributed by atoms with van der Waals surface area (Å²) in [4.78, 5) is 25.7. The molecule has 0 aliphatic rings. The summed E-state index contributed by atoms with van der Waals surface area (Å²) in [5, 5.41) is 2.53. The van der Waals surface area contributed by atoms with Crippen molar-refractivity contribution in [2.45, 2.75) is 26.4 Å². The standard InChI is InChI=1S/C30H25O4S/c1-20(31)33-26-13-7-6-12-25(26)30(2,3)34-29(32)21-16-18-22(19-17-21)35-27-14-8-4-10-23(27)24-11-5-9-15-28(24)35/h4-19H,1-3H3/q+1. The van der Waals surface area contributed by atoms with E-state index >= 15 is 0 Å². The summed E-state index contributed by atoms with van der Waals surface area (Å²) >= 11 is 0. The van der Waals surface area contributed by atoms with Gasteiger partial charge in [-0.05, 0) is 68.4 Å². The molecule has 4 aromatic carbocycles. The third-order valence-corrected chi connectivity index (χ3v) is 8.30. The van der Waals surface area contributed by atoms with Crippen LogP contribution in [0.15, 0.2) is 97.1 Å². The highest BCUT2D eigenvalue weighted by molar-refractivity contribution is 7.50. The molecule has 0 spiro atoms. The molecule has 0 radical (unpaired) electrons. The molecular weight excluding hydrogens is 456 g/mol. The Morgan fingerprint density at radius 3 is 1.86 bits per heavy atom. The van der Waals surface area contributed by atoms with Crippen LogP contribution in [0.2, 0.25) is 0 Å². The Morgan fingerprint density at radius 2 is 1.26 bits per heavy atom. The first-order valence-corrected chi connectivity index (χ1v) is 12.6. The van der Waals surface area contributed by atoms with E-state index in [1.807, 2.05) is 30.3 Å². The summed E-state index contributed by atoms with van der Waals surface area (Å²) in [6, 6.07) is 31.8. The van der Waals surface area contributed by atoms with E-state index in [9.17, 15) is 9.59 Å². The van der Waals surface area contributed by atoms with Crippen LogP contribution in [0, 0.1) is 0 Å². The summed E-state index contributed by atoms with van der Waals surface area (Å²) in [6.45, 7) is 4.92. The van der Waals surface area contributed by atoms with Crippen molar-refractivity contribution in [2.75, 3.05) is 0 Å². The van der Waals surface area contributed by atoms with Gasteiger partial charge < -0.3 is 9.47 Å². The molecule has 0 fully saturated rings. The maximum absolute atomic E-state index is 13.1. The molecule has 0 N–H and O–H groups in total. The van der Waals surface area contributed by atoms with E-state index in [2.05, 4.69) is 48.5 Å². The molecule has 0 bridgehead atoms. The van der Waals surface area contributed by atoms with Crippen molar-refractivity contribution in [1.29, 1.82) is 0 Å². The van der Waals surface area contributed by atoms with Crippen LogP contribution in [-0.4, -0.2) is 11.9 Å². The van der Waals surface area contributed by atoms with Gasteiger partial charge in [-0.15, -0.1) is 0 Å². The SMILES string of the molecule is CC(=O)Oc1ccccc1C(C)(C)OC(=O)c1ccc(-[s+]2c3ccccc3c3ccccc32)cc1. The van der Waals surface area contributed by atoms with Gasteiger partial charge in [0.15, 0.2) is 14.3 Å². The van der Waals surface area contributed by atoms with E-state index < -0.39 is 17.5 Å². The normalized spacial score (nSPS) is 11.5. The first kappa shape index (κ1) is 22.8. The molecule has 0 aliphatic carbocycles. The number of carbonyl (C=O) groups is 2. The molecule has 0 aliphatic heterocycles. The van der Waals surface area contributed by atoms with Gasteiger partial charge in [0.25, 0.3) is 0 Å². The highest BCUT2D eigenvalue weighted by atomic mass is 32.2. The van der Waals surface area contributed by atoms with Crippen LogP contribution in [0.1, 0.15) is 36.7 Å². The Hall–Kier alpha value is -3.96. The van der Waals surface area contributed by atoms with Gasteiger partial charge in [0.2, 0.25) is 0 Å². The third kappa shape index (κ3) is 4.31. The summed E-state index contributed by atoms with van der Waals surface area (Å²) in [7, 11) is -0.220. The van der Waals surface area contributed by atoms with E-state index in [1.165, 1.54) is 27.1 Å². The lowest BCUT2D eigenvalue weighted by Gasteiger charge is -2.27. The summed E-state index contributed by atoms with van der Waals surface area (Å²) in [5.74, 6) is -0.478. The lowest BCUT2D eigenvalue weighted by Crippen LogP contribution is -2.26. The number of benzene rings is 4. The summed E-state index contributed by atoms with van der Waals surface area (Å²) in [6.07, 6.45) is 0. The van der Waals surface area contributed by atoms with Crippen molar-refractivity contribution in [2.24, 2.45) is 0 Å². The Bertz CT molecular complexity index is 1510. The number of esters is 2. The summed E-state index contributed by atoms with van der Waals surface area (Å²) < 4.78 is 13.8. The fourth-order valence-electron chi connectivity index (χ4n) is 4.39. The largest absolute Gasteiger partial charge is 0.451 e. The Balaban J connectivity index is 1.45. The Kier molecular flexibility index (Phi) is 5.87. The fraction of sp³-hybridized carbons (Fsp3) is 0.133. The molecule has 0 saturated heterocycles. The minimum Gasteiger partial charge on any atom is -0.451 e. The molecule has 0 amide bonds. The van der Waals surface area contributed by atoms with Crippen molar-refractivity contribution < 1.29 is 19.1 Å². The molecule has 1 aromatic heterocycles. The van der Waals surface area contributed by atoms with Crippen LogP contribution in [0.3, 0.4) is 0 Å². The molecule has 4 nitrogen and oxygen atoms in total. The van der Waals surface area contributed by atoms with Crippen molar-refractivity contribution in [3.63, 3.8) is 0 Å². The average Bonchev–Trinajstić information content (AvgIpc) is 3.18. The predicted molar refractivity (Wildman–Crippen MR) is 141 cm³/mol. The molecule has 35 heavy (non-hydrogen) atoms. The van der Waals surface area contributed by atoms with Crippen molar-refractivity contribution in [1.82, 2.24) is 0 Å². The maximum Gasteiger partial charge on any atom is 0.339 e. The zero-order valence-electron chi connectivity index (χ0n) is 19.8. The molecular formula is C30H25O4S+. The maximum atomic E-state index is 13.1. The first-order chi connectivity index (χ1) is 16.8. The predicted octanol–water partition coefficient (Wildman–Crippen LogP) is 7.75. The van der Waals surface area contributed by atoms with Gasteiger partial charge in [0.05, 0.1) is 5.56 Å². The monoisotopic (exact) mass is 481 g/mol. The van der Waals surface area contributed by atoms with Gasteiger partial charge in [-0.1, -0.05) is 42.5 Å². The highest BCUT2D eigenvalue weighted by Gasteiger charge is 2.30. The van der Waals surface area contributed by atoms with Crippen molar-refractivity contribution in [3.8, 4) is 10.6 Å². The zero-order valence-corrected chi connectivity index (χ0v) is 20.6. The number of thiophene rings is 1. The molecule has 0 saturated carbocycles. The van der Waals surface area contributed by atoms with Gasteiger partial charge in [-0.2, -0.15) is 0 Å². The number of hydrogen-bond donors (Lipinski definition) is 0. The van der Waals surface area contributed by atoms with E-state index in [0.29, 0.717) is 16.9 Å². The average molecular weight is 482 g/mol. The van der Waals surface area contributed by atoms with Gasteiger partial charge >= 0.3 is 11.9 Å². The van der Waals surface area contributed by atoms with Crippen LogP contribution < -0.4 is 4.74 Å². The smallest absolute Gasteiger partial charge is 0.339 e. The fourth-order valence-corrected chi connectivity index (χ4v) is 6.77. The minimum atomic E-state index is -0.993. The van der Waals surface area contributed by atoms with Crippen LogP contribution in [0.4, 0.5) is 0 Å². The molecule has 5 heteroatoms. The van der Waals surface area contributed by atoms with Crippen molar-refractivity contribution in [3.05, 3.63) is 108 Å². The molecule has 5 aromatic rings. The molecule has 1 heterocycles. The zero-order chi connectivity index (χ0) is 24.6. The second-order valence-corrected chi connectivity index (χ2v) is 10.8. The number of fused-ring (bicyclic) bond motifs is 3. The van der Waals surface area contributed by atoms with Gasteiger partial charge in [0, 0.05) is 33.7 Å². The Labute approximate surface area is 206 Å². The molecule has 5 rings (SSSR count). The van der Waals surface area contributed by atoms with Gasteiger partial charge in [-0.25, -0.2) is 4.79 Å². The van der Waals surface area contributed by atoms with Crippen molar-refractivity contribution >= 4 is 42.6 Å². The number of rotatable bonds is 5. The lowest BCUT2D eigenvalue weighted by molar-refractivity contribution is -0.132. The van der Waals surface area contributed by atoms with Gasteiger partial charge in [0.1, 0.15) is 11.4 Å². The second-order valence-electron chi connectivity index (χ2n) is 8.81. The second kappa shape index (κ2) is 9.01. The minimum absolute atomic E-state index is 0.220. The van der Waals surface area contributed by atoms with E-state index in [1.54, 1.807) is 32.0 Å². The molecule has 0 unspecified atom stereocenters. The third-order valence-electron chi connectivity index (χ3n) is 5.97. The van der Waals surface area contributed by atoms with Gasteiger partial charge in [-0.3, -0.25) is 4.79 Å². The van der Waals surface area contributed by atoms with Crippen LogP contribution in [0.25, 0.3) is 25.1 Å².